The van der Waals surface area contributed by atoms with Gasteiger partial charge in [-0.2, -0.15) is 0 Å². The Kier molecular flexibility index (Phi) is 2.83. The Hall–Kier alpha value is -2.04. The van der Waals surface area contributed by atoms with Gasteiger partial charge in [0.25, 0.3) is 0 Å². The molecule has 4 rings (SSSR count). The molecule has 0 fully saturated rings. The number of fused-ring (bicyclic) bond motifs is 2. The number of nitrogens with one attached hydrogen (secondary N) is 1. The van der Waals surface area contributed by atoms with E-state index in [2.05, 4.69) is 13.3 Å². The minimum atomic E-state index is -0.00113. The van der Waals surface area contributed by atoms with Gasteiger partial charge < -0.3 is 0 Å². The van der Waals surface area contributed by atoms with Gasteiger partial charge in [0.05, 0.1) is 0 Å². The summed E-state index contributed by atoms with van der Waals surface area (Å²) in [6.45, 7) is 1.02. The molecule has 0 unspecified atom stereocenters. The van der Waals surface area contributed by atoms with Crippen molar-refractivity contribution in [2.24, 2.45) is 0 Å². The first-order valence-electron chi connectivity index (χ1n) is 6.24. The molecule has 0 atom stereocenters. The third kappa shape index (κ3) is 2.03. The molecule has 0 amide bonds. The van der Waals surface area contributed by atoms with Gasteiger partial charge in [-0.3, -0.25) is 0 Å². The van der Waals surface area contributed by atoms with Gasteiger partial charge in [-0.15, -0.1) is 0 Å². The van der Waals surface area contributed by atoms with Gasteiger partial charge in [0.15, 0.2) is 0 Å². The Balaban J connectivity index is 1.57. The van der Waals surface area contributed by atoms with Crippen LogP contribution in [0.2, 0.25) is 0 Å². The fourth-order valence-corrected chi connectivity index (χ4v) is 3.35. The zero-order valence-corrected chi connectivity index (χ0v) is 12.2. The van der Waals surface area contributed by atoms with Crippen LogP contribution in [-0.2, 0) is 6.54 Å². The van der Waals surface area contributed by atoms with Crippen LogP contribution < -0.4 is 14.8 Å². The normalized spacial score (nSPS) is 12.8. The second kappa shape index (κ2) is 4.81. The van der Waals surface area contributed by atoms with Crippen molar-refractivity contribution in [1.82, 2.24) is 7.96 Å². The summed E-state index contributed by atoms with van der Waals surface area (Å²) in [4.78, 5) is 0. The molecule has 100 valence electrons. The monoisotopic (exact) mass is 333 g/mol. The van der Waals surface area contributed by atoms with Crippen molar-refractivity contribution >= 4 is 31.7 Å². The molecule has 5 nitrogen and oxygen atoms in total. The van der Waals surface area contributed by atoms with Crippen molar-refractivity contribution in [1.29, 1.82) is 0 Å². The van der Waals surface area contributed by atoms with Crippen LogP contribution in [0.5, 0.6) is 11.5 Å². The number of nitrogens with zero attached hydrogens (tertiary/aromatic N) is 2. The Labute approximate surface area is 121 Å². The van der Waals surface area contributed by atoms with Crippen LogP contribution in [-0.4, -0.2) is 29.7 Å². The van der Waals surface area contributed by atoms with Gasteiger partial charge in [0.2, 0.25) is 0 Å². The van der Waals surface area contributed by atoms with E-state index in [-0.39, 0.29) is 15.0 Å². The van der Waals surface area contributed by atoms with Gasteiger partial charge in [0, 0.05) is 0 Å². The predicted octanol–water partition coefficient (Wildman–Crippen LogP) is 2.03. The minimum absolute atomic E-state index is 0.00113. The van der Waals surface area contributed by atoms with E-state index in [1.807, 2.05) is 36.4 Å². The topological polar surface area (TPSA) is 56.3 Å². The molecular weight excluding hydrogens is 321 g/mol. The van der Waals surface area contributed by atoms with Crippen molar-refractivity contribution in [3.8, 4) is 11.5 Å². The molecule has 0 saturated carbocycles. The average Bonchev–Trinajstić information content (AvgIpc) is 3.13. The maximum absolute atomic E-state index is 5.38. The summed E-state index contributed by atoms with van der Waals surface area (Å²) in [5, 5.41) is 3.41. The van der Waals surface area contributed by atoms with E-state index in [1.54, 1.807) is 0 Å². The molecule has 0 bridgehead atoms. The molecule has 1 N–H and O–H groups in total. The fourth-order valence-electron chi connectivity index (χ4n) is 2.20. The quantitative estimate of drug-likeness (QED) is 0.744. The van der Waals surface area contributed by atoms with Gasteiger partial charge in [0.1, 0.15) is 0 Å². The summed E-state index contributed by atoms with van der Waals surface area (Å²) in [5.41, 5.74) is 4.14. The average molecular weight is 332 g/mol. The van der Waals surface area contributed by atoms with Gasteiger partial charge >= 0.3 is 121 Å². The molecule has 1 aromatic heterocycles. The number of aromatic nitrogens is 2. The zero-order chi connectivity index (χ0) is 13.4. The van der Waals surface area contributed by atoms with Crippen LogP contribution in [0.4, 0.5) is 5.69 Å². The van der Waals surface area contributed by atoms with Gasteiger partial charge in [-0.1, -0.05) is 0 Å². The van der Waals surface area contributed by atoms with Crippen molar-refractivity contribution in [2.75, 3.05) is 12.1 Å². The molecule has 2 aromatic carbocycles. The van der Waals surface area contributed by atoms with Crippen LogP contribution in [0.25, 0.3) is 11.0 Å². The maximum atomic E-state index is 5.38. The van der Waals surface area contributed by atoms with Gasteiger partial charge in [-0.05, 0) is 0 Å². The molecule has 0 saturated heterocycles. The van der Waals surface area contributed by atoms with Gasteiger partial charge in [-0.25, -0.2) is 0 Å². The summed E-state index contributed by atoms with van der Waals surface area (Å²) in [7, 11) is 0. The third-order valence-corrected chi connectivity index (χ3v) is 4.34. The Morgan fingerprint density at radius 2 is 2.05 bits per heavy atom. The Bertz CT molecular complexity index is 772. The molecule has 20 heavy (non-hydrogen) atoms. The summed E-state index contributed by atoms with van der Waals surface area (Å²) in [5.74, 6) is 1.62. The second-order valence-electron chi connectivity index (χ2n) is 4.48. The molecule has 1 aliphatic heterocycles. The number of hydrogen-bond acceptors (Lipinski definition) is 5. The first kappa shape index (κ1) is 11.8. The van der Waals surface area contributed by atoms with Crippen LogP contribution in [0.15, 0.2) is 36.4 Å². The van der Waals surface area contributed by atoms with Crippen molar-refractivity contribution in [2.45, 2.75) is 6.54 Å². The zero-order valence-electron chi connectivity index (χ0n) is 10.5. The molecule has 2 heterocycles. The molecule has 0 radical (unpaired) electrons. The molecule has 3 aromatic rings. The van der Waals surface area contributed by atoms with Crippen molar-refractivity contribution in [3.63, 3.8) is 0 Å². The number of anilines is 1. The molecule has 1 aliphatic rings. The van der Waals surface area contributed by atoms with E-state index >= 15 is 0 Å². The third-order valence-electron chi connectivity index (χ3n) is 3.21. The number of hydrogen-bond donors (Lipinski definition) is 1. The molecule has 0 spiro atoms. The van der Waals surface area contributed by atoms with Crippen LogP contribution >= 0.6 is 0 Å². The summed E-state index contributed by atoms with van der Waals surface area (Å²) in [6, 6.07) is 12.0. The number of ether oxygens (including phenoxy) is 2. The summed E-state index contributed by atoms with van der Waals surface area (Å²) < 4.78 is 19.5. The standard InChI is InChI=1S/C14H11N3O2Se/c1-2-10(14-11(3-1)16-20-17-14)15-7-9-4-5-12-13(6-9)19-8-18-12/h1-6,15H,7-8H2. The van der Waals surface area contributed by atoms with E-state index in [9.17, 15) is 0 Å². The number of benzene rings is 2. The fraction of sp³-hybridized carbons (Fsp3) is 0.143. The number of rotatable bonds is 3. The molecule has 0 aliphatic carbocycles. The predicted molar refractivity (Wildman–Crippen MR) is 76.4 cm³/mol. The summed E-state index contributed by atoms with van der Waals surface area (Å²) in [6.07, 6.45) is 0. The van der Waals surface area contributed by atoms with Crippen LogP contribution in [0.3, 0.4) is 0 Å². The van der Waals surface area contributed by atoms with Crippen LogP contribution in [0.1, 0.15) is 5.56 Å². The van der Waals surface area contributed by atoms with Crippen molar-refractivity contribution < 1.29 is 9.47 Å². The van der Waals surface area contributed by atoms with Crippen LogP contribution in [0, 0.1) is 0 Å². The second-order valence-corrected chi connectivity index (χ2v) is 5.59. The molecular formula is C14H11N3O2Se. The first-order chi connectivity index (χ1) is 9.90. The van der Waals surface area contributed by atoms with Crippen molar-refractivity contribution in [3.05, 3.63) is 42.0 Å². The van der Waals surface area contributed by atoms with E-state index in [1.165, 1.54) is 0 Å². The van der Waals surface area contributed by atoms with E-state index in [4.69, 9.17) is 9.47 Å². The van der Waals surface area contributed by atoms with E-state index in [0.717, 1.165) is 40.3 Å². The SMILES string of the molecule is c1cc(NCc2ccc3c(c2)OCO3)c2n[se]nc2c1. The molecule has 6 heteroatoms. The van der Waals surface area contributed by atoms with E-state index in [0.29, 0.717) is 6.79 Å². The summed E-state index contributed by atoms with van der Waals surface area (Å²) >= 11 is -0.00113. The first-order valence-corrected chi connectivity index (χ1v) is 7.77. The van der Waals surface area contributed by atoms with E-state index < -0.39 is 0 Å². The Morgan fingerprint density at radius 3 is 3.05 bits per heavy atom. The Morgan fingerprint density at radius 1 is 1.10 bits per heavy atom.